The Morgan fingerprint density at radius 3 is 3.17 bits per heavy atom. The van der Waals surface area contributed by atoms with Crippen LogP contribution in [0.1, 0.15) is 23.6 Å². The van der Waals surface area contributed by atoms with Crippen molar-refractivity contribution < 1.29 is 9.53 Å². The standard InChI is InChI=1S/C15H22N6O2/c1-23-11-15(22)18-8-12-7-13-9-20(5-2-6-21(13)19-12)10-14-16-3-4-17-14/h3-4,7H,2,5-6,8-11H2,1H3,(H,16,17)(H,18,22). The molecule has 0 atom stereocenters. The summed E-state index contributed by atoms with van der Waals surface area (Å²) in [4.78, 5) is 21.2. The average Bonchev–Trinajstić information content (AvgIpc) is 3.12. The Morgan fingerprint density at radius 2 is 2.39 bits per heavy atom. The quantitative estimate of drug-likeness (QED) is 0.798. The molecule has 3 heterocycles. The van der Waals surface area contributed by atoms with Crippen LogP contribution in [0, 0.1) is 0 Å². The fraction of sp³-hybridized carbons (Fsp3) is 0.533. The van der Waals surface area contributed by atoms with Crippen LogP contribution in [0.2, 0.25) is 0 Å². The van der Waals surface area contributed by atoms with E-state index in [4.69, 9.17) is 4.74 Å². The summed E-state index contributed by atoms with van der Waals surface area (Å²) in [5.41, 5.74) is 2.05. The number of ether oxygens (including phenoxy) is 1. The van der Waals surface area contributed by atoms with Gasteiger partial charge in [0.25, 0.3) is 0 Å². The minimum atomic E-state index is -0.129. The number of fused-ring (bicyclic) bond motifs is 1. The number of amides is 1. The van der Waals surface area contributed by atoms with E-state index in [1.54, 1.807) is 6.20 Å². The van der Waals surface area contributed by atoms with Crippen LogP contribution in [0.4, 0.5) is 0 Å². The van der Waals surface area contributed by atoms with Crippen molar-refractivity contribution in [3.05, 3.63) is 35.7 Å². The lowest BCUT2D eigenvalue weighted by Gasteiger charge is -2.17. The summed E-state index contributed by atoms with van der Waals surface area (Å²) in [7, 11) is 1.51. The molecule has 0 unspecified atom stereocenters. The van der Waals surface area contributed by atoms with Gasteiger partial charge in [-0.25, -0.2) is 4.98 Å². The molecule has 8 heteroatoms. The molecule has 0 fully saturated rings. The number of rotatable bonds is 6. The zero-order valence-corrected chi connectivity index (χ0v) is 13.3. The molecule has 124 valence electrons. The van der Waals surface area contributed by atoms with E-state index >= 15 is 0 Å². The highest BCUT2D eigenvalue weighted by molar-refractivity contribution is 5.77. The summed E-state index contributed by atoms with van der Waals surface area (Å²) in [5.74, 6) is 0.847. The Kier molecular flexibility index (Phi) is 5.04. The molecule has 3 rings (SSSR count). The Morgan fingerprint density at radius 1 is 1.48 bits per heavy atom. The topological polar surface area (TPSA) is 88.1 Å². The molecular weight excluding hydrogens is 296 g/mol. The lowest BCUT2D eigenvalue weighted by atomic mass is 10.3. The predicted octanol–water partition coefficient (Wildman–Crippen LogP) is 0.275. The van der Waals surface area contributed by atoms with Gasteiger partial charge in [-0.15, -0.1) is 0 Å². The minimum absolute atomic E-state index is 0.0739. The van der Waals surface area contributed by atoms with Gasteiger partial charge >= 0.3 is 0 Å². The third kappa shape index (κ3) is 4.17. The largest absolute Gasteiger partial charge is 0.375 e. The number of hydrogen-bond acceptors (Lipinski definition) is 5. The van der Waals surface area contributed by atoms with E-state index in [-0.39, 0.29) is 12.5 Å². The van der Waals surface area contributed by atoms with Gasteiger partial charge in [0.15, 0.2) is 0 Å². The first kappa shape index (κ1) is 15.7. The van der Waals surface area contributed by atoms with Gasteiger partial charge in [-0.3, -0.25) is 14.4 Å². The molecule has 1 aliphatic rings. The first-order chi connectivity index (χ1) is 11.2. The highest BCUT2D eigenvalue weighted by Crippen LogP contribution is 2.15. The van der Waals surface area contributed by atoms with Gasteiger partial charge in [-0.05, 0) is 12.5 Å². The number of methoxy groups -OCH3 is 1. The molecule has 0 saturated carbocycles. The van der Waals surface area contributed by atoms with E-state index in [0.29, 0.717) is 6.54 Å². The van der Waals surface area contributed by atoms with Crippen LogP contribution in [-0.4, -0.2) is 50.8 Å². The molecule has 0 spiro atoms. The maximum absolute atomic E-state index is 11.5. The number of H-pyrrole nitrogens is 1. The zero-order chi connectivity index (χ0) is 16.1. The number of hydrogen-bond donors (Lipinski definition) is 2. The third-order valence-electron chi connectivity index (χ3n) is 3.81. The Bertz CT molecular complexity index is 636. The van der Waals surface area contributed by atoms with Gasteiger partial charge < -0.3 is 15.0 Å². The number of aromatic amines is 1. The molecule has 1 aliphatic heterocycles. The second kappa shape index (κ2) is 7.38. The first-order valence-corrected chi connectivity index (χ1v) is 7.76. The summed E-state index contributed by atoms with van der Waals surface area (Å²) < 4.78 is 6.84. The van der Waals surface area contributed by atoms with Crippen molar-refractivity contribution in [1.29, 1.82) is 0 Å². The smallest absolute Gasteiger partial charge is 0.246 e. The molecule has 0 bridgehead atoms. The Balaban J connectivity index is 1.61. The molecule has 2 aromatic rings. The lowest BCUT2D eigenvalue weighted by molar-refractivity contribution is -0.124. The summed E-state index contributed by atoms with van der Waals surface area (Å²) in [6.45, 7) is 4.06. The molecular formula is C15H22N6O2. The molecule has 8 nitrogen and oxygen atoms in total. The third-order valence-corrected chi connectivity index (χ3v) is 3.81. The fourth-order valence-electron chi connectivity index (χ4n) is 2.78. The van der Waals surface area contributed by atoms with Gasteiger partial charge in [-0.1, -0.05) is 0 Å². The van der Waals surface area contributed by atoms with Crippen LogP contribution in [0.5, 0.6) is 0 Å². The maximum atomic E-state index is 11.5. The van der Waals surface area contributed by atoms with Crippen molar-refractivity contribution in [3.8, 4) is 0 Å². The molecule has 0 aliphatic carbocycles. The highest BCUT2D eigenvalue weighted by Gasteiger charge is 2.17. The molecule has 2 aromatic heterocycles. The molecule has 23 heavy (non-hydrogen) atoms. The van der Waals surface area contributed by atoms with Crippen molar-refractivity contribution in [1.82, 2.24) is 30.0 Å². The van der Waals surface area contributed by atoms with Crippen molar-refractivity contribution in [3.63, 3.8) is 0 Å². The van der Waals surface area contributed by atoms with Crippen molar-refractivity contribution in [2.45, 2.75) is 32.6 Å². The van der Waals surface area contributed by atoms with Crippen LogP contribution < -0.4 is 5.32 Å². The molecule has 0 aromatic carbocycles. The molecule has 2 N–H and O–H groups in total. The van der Waals surface area contributed by atoms with E-state index in [9.17, 15) is 4.79 Å². The minimum Gasteiger partial charge on any atom is -0.375 e. The fourth-order valence-corrected chi connectivity index (χ4v) is 2.78. The monoisotopic (exact) mass is 318 g/mol. The lowest BCUT2D eigenvalue weighted by Crippen LogP contribution is -2.26. The summed E-state index contributed by atoms with van der Waals surface area (Å²) in [5, 5.41) is 7.39. The average molecular weight is 318 g/mol. The second-order valence-corrected chi connectivity index (χ2v) is 5.66. The van der Waals surface area contributed by atoms with E-state index in [1.165, 1.54) is 12.8 Å². The summed E-state index contributed by atoms with van der Waals surface area (Å²) >= 11 is 0. The Hall–Kier alpha value is -2.19. The number of carbonyl (C=O) groups is 1. The van der Waals surface area contributed by atoms with Gasteiger partial charge in [0.2, 0.25) is 5.91 Å². The van der Waals surface area contributed by atoms with Crippen LogP contribution in [-0.2, 0) is 35.7 Å². The van der Waals surface area contributed by atoms with E-state index < -0.39 is 0 Å². The molecule has 0 saturated heterocycles. The number of nitrogens with one attached hydrogen (secondary N) is 2. The van der Waals surface area contributed by atoms with Crippen molar-refractivity contribution >= 4 is 5.91 Å². The number of carbonyl (C=O) groups excluding carboxylic acids is 1. The zero-order valence-electron chi connectivity index (χ0n) is 13.3. The van der Waals surface area contributed by atoms with E-state index in [2.05, 4.69) is 31.3 Å². The van der Waals surface area contributed by atoms with Gasteiger partial charge in [0, 0.05) is 39.1 Å². The van der Waals surface area contributed by atoms with Crippen LogP contribution in [0.25, 0.3) is 0 Å². The van der Waals surface area contributed by atoms with Gasteiger partial charge in [0.1, 0.15) is 12.4 Å². The maximum Gasteiger partial charge on any atom is 0.246 e. The van der Waals surface area contributed by atoms with Gasteiger partial charge in [-0.2, -0.15) is 5.10 Å². The number of aromatic nitrogens is 4. The first-order valence-electron chi connectivity index (χ1n) is 7.76. The SMILES string of the molecule is COCC(=O)NCc1cc2n(n1)CCCN(Cc1ncc[nH]1)C2. The Labute approximate surface area is 134 Å². The van der Waals surface area contributed by atoms with Crippen LogP contribution in [0.3, 0.4) is 0 Å². The van der Waals surface area contributed by atoms with Crippen LogP contribution >= 0.6 is 0 Å². The number of aryl methyl sites for hydroxylation is 1. The number of imidazole rings is 1. The number of nitrogens with zero attached hydrogens (tertiary/aromatic N) is 4. The second-order valence-electron chi connectivity index (χ2n) is 5.66. The van der Waals surface area contributed by atoms with E-state index in [0.717, 1.165) is 44.1 Å². The predicted molar refractivity (Wildman–Crippen MR) is 83.3 cm³/mol. The molecule has 0 radical (unpaired) electrons. The van der Waals surface area contributed by atoms with E-state index in [1.807, 2.05) is 10.9 Å². The van der Waals surface area contributed by atoms with Gasteiger partial charge in [0.05, 0.1) is 24.5 Å². The molecule has 1 amide bonds. The highest BCUT2D eigenvalue weighted by atomic mass is 16.5. The summed E-state index contributed by atoms with van der Waals surface area (Å²) in [6, 6.07) is 2.06. The van der Waals surface area contributed by atoms with Crippen molar-refractivity contribution in [2.24, 2.45) is 0 Å². The normalized spacial score (nSPS) is 15.2. The van der Waals surface area contributed by atoms with Crippen LogP contribution in [0.15, 0.2) is 18.5 Å². The van der Waals surface area contributed by atoms with Crippen molar-refractivity contribution in [2.75, 3.05) is 20.3 Å². The summed E-state index contributed by atoms with van der Waals surface area (Å²) in [6.07, 6.45) is 4.67.